The summed E-state index contributed by atoms with van der Waals surface area (Å²) in [6.07, 6.45) is 5.66. The van der Waals surface area contributed by atoms with E-state index in [1.165, 1.54) is 0 Å². The van der Waals surface area contributed by atoms with Gasteiger partial charge in [0.2, 0.25) is 11.2 Å². The molecule has 2 aliphatic rings. The highest BCUT2D eigenvalue weighted by molar-refractivity contribution is 6.28. The van der Waals surface area contributed by atoms with E-state index >= 15 is 0 Å². The fourth-order valence-electron chi connectivity index (χ4n) is 2.77. The number of hydrogen-bond acceptors (Lipinski definition) is 5. The number of hydrogen-bond donors (Lipinski definition) is 1. The van der Waals surface area contributed by atoms with Gasteiger partial charge in [-0.1, -0.05) is 0 Å². The van der Waals surface area contributed by atoms with Gasteiger partial charge in [0.15, 0.2) is 17.0 Å². The number of carbonyl (C=O) groups excluding carboxylic acids is 1. The zero-order valence-electron chi connectivity index (χ0n) is 12.1. The fraction of sp³-hybridized carbons (Fsp3) is 0.571. The lowest BCUT2D eigenvalue weighted by molar-refractivity contribution is -0.127. The van der Waals surface area contributed by atoms with Crippen LogP contribution in [0.1, 0.15) is 25.7 Å². The maximum absolute atomic E-state index is 11.7. The zero-order chi connectivity index (χ0) is 15.1. The number of amides is 1. The molecule has 2 aromatic heterocycles. The van der Waals surface area contributed by atoms with Gasteiger partial charge in [-0.3, -0.25) is 4.79 Å². The van der Waals surface area contributed by atoms with Gasteiger partial charge in [-0.25, -0.2) is 4.98 Å². The summed E-state index contributed by atoms with van der Waals surface area (Å²) in [6, 6.07) is 0.474. The van der Waals surface area contributed by atoms with Crippen molar-refractivity contribution in [2.45, 2.75) is 38.3 Å². The molecule has 1 amide bonds. The molecule has 22 heavy (non-hydrogen) atoms. The molecule has 116 valence electrons. The lowest BCUT2D eigenvalue weighted by Gasteiger charge is -2.15. The van der Waals surface area contributed by atoms with Crippen LogP contribution < -0.4 is 5.32 Å². The molecule has 4 rings (SSSR count). The second kappa shape index (κ2) is 5.39. The van der Waals surface area contributed by atoms with Gasteiger partial charge < -0.3 is 14.8 Å². The Bertz CT molecular complexity index is 725. The van der Waals surface area contributed by atoms with Gasteiger partial charge in [0.25, 0.3) is 0 Å². The van der Waals surface area contributed by atoms with Crippen molar-refractivity contribution < 1.29 is 4.79 Å². The number of fused-ring (bicyclic) bond motifs is 1. The molecule has 0 atom stereocenters. The average Bonchev–Trinajstić information content (AvgIpc) is 3.06. The highest BCUT2D eigenvalue weighted by Gasteiger charge is 2.24. The van der Waals surface area contributed by atoms with Gasteiger partial charge in [0.05, 0.1) is 6.33 Å². The van der Waals surface area contributed by atoms with E-state index < -0.39 is 0 Å². The van der Waals surface area contributed by atoms with Crippen LogP contribution >= 0.6 is 11.6 Å². The highest BCUT2D eigenvalue weighted by atomic mass is 35.5. The Morgan fingerprint density at radius 3 is 2.91 bits per heavy atom. The number of nitrogens with one attached hydrogen (secondary N) is 1. The Labute approximate surface area is 132 Å². The number of carbonyl (C=O) groups is 1. The molecule has 3 heterocycles. The van der Waals surface area contributed by atoms with Crippen molar-refractivity contribution in [1.82, 2.24) is 24.4 Å². The minimum atomic E-state index is 0.217. The third-order valence-electron chi connectivity index (χ3n) is 4.14. The van der Waals surface area contributed by atoms with Crippen LogP contribution in [0.4, 0.5) is 5.82 Å². The van der Waals surface area contributed by atoms with E-state index in [1.807, 2.05) is 9.47 Å². The van der Waals surface area contributed by atoms with Crippen LogP contribution in [-0.4, -0.2) is 49.5 Å². The topological polar surface area (TPSA) is 75.9 Å². The minimum absolute atomic E-state index is 0.217. The first kappa shape index (κ1) is 13.8. The second-order valence-corrected chi connectivity index (χ2v) is 6.19. The summed E-state index contributed by atoms with van der Waals surface area (Å²) in [7, 11) is 0. The van der Waals surface area contributed by atoms with Crippen LogP contribution in [-0.2, 0) is 11.3 Å². The van der Waals surface area contributed by atoms with Crippen LogP contribution in [0.15, 0.2) is 6.33 Å². The zero-order valence-corrected chi connectivity index (χ0v) is 12.9. The first-order valence-electron chi connectivity index (χ1n) is 7.63. The molecule has 0 radical (unpaired) electrons. The molecule has 1 aliphatic heterocycles. The standard InChI is InChI=1S/C14H17ClN6O/c15-14-18-12(17-9-3-4-9)11-13(19-14)21(8-16-11)7-6-20-5-1-2-10(20)22/h8-9H,1-7H2,(H,17,18,19). The molecule has 1 saturated heterocycles. The summed E-state index contributed by atoms with van der Waals surface area (Å²) in [5.74, 6) is 0.932. The Kier molecular flexibility index (Phi) is 3.37. The SMILES string of the molecule is O=C1CCCN1CCn1cnc2c(NC3CC3)nc(Cl)nc21. The van der Waals surface area contributed by atoms with Crippen molar-refractivity contribution in [3.63, 3.8) is 0 Å². The van der Waals surface area contributed by atoms with Crippen molar-refractivity contribution in [2.24, 2.45) is 0 Å². The van der Waals surface area contributed by atoms with Crippen LogP contribution in [0, 0.1) is 0 Å². The predicted octanol–water partition coefficient (Wildman–Crippen LogP) is 1.68. The van der Waals surface area contributed by atoms with Crippen molar-refractivity contribution in [2.75, 3.05) is 18.4 Å². The average molecular weight is 321 g/mol. The largest absolute Gasteiger partial charge is 0.365 e. The first-order valence-corrected chi connectivity index (χ1v) is 8.01. The summed E-state index contributed by atoms with van der Waals surface area (Å²) < 4.78 is 1.94. The second-order valence-electron chi connectivity index (χ2n) is 5.85. The Balaban J connectivity index is 1.58. The molecule has 1 N–H and O–H groups in total. The number of anilines is 1. The quantitative estimate of drug-likeness (QED) is 0.848. The molecule has 0 aromatic carbocycles. The fourth-order valence-corrected chi connectivity index (χ4v) is 2.94. The van der Waals surface area contributed by atoms with Crippen LogP contribution in [0.5, 0.6) is 0 Å². The number of imidazole rings is 1. The van der Waals surface area contributed by atoms with Gasteiger partial charge in [-0.2, -0.15) is 9.97 Å². The number of aromatic nitrogens is 4. The van der Waals surface area contributed by atoms with Gasteiger partial charge in [-0.15, -0.1) is 0 Å². The molecule has 0 bridgehead atoms. The van der Waals surface area contributed by atoms with Crippen molar-refractivity contribution >= 4 is 34.5 Å². The number of likely N-dealkylation sites (tertiary alicyclic amines) is 1. The molecule has 0 unspecified atom stereocenters. The first-order chi connectivity index (χ1) is 10.7. The summed E-state index contributed by atoms with van der Waals surface area (Å²) in [5.41, 5.74) is 1.46. The van der Waals surface area contributed by atoms with E-state index in [2.05, 4.69) is 20.3 Å². The van der Waals surface area contributed by atoms with Crippen LogP contribution in [0.3, 0.4) is 0 Å². The third kappa shape index (κ3) is 2.61. The lowest BCUT2D eigenvalue weighted by atomic mass is 10.4. The third-order valence-corrected chi connectivity index (χ3v) is 4.31. The highest BCUT2D eigenvalue weighted by Crippen LogP contribution is 2.28. The summed E-state index contributed by atoms with van der Waals surface area (Å²) in [4.78, 5) is 26.5. The van der Waals surface area contributed by atoms with Gasteiger partial charge in [-0.05, 0) is 30.9 Å². The monoisotopic (exact) mass is 320 g/mol. The van der Waals surface area contributed by atoms with Gasteiger partial charge in [0, 0.05) is 32.1 Å². The van der Waals surface area contributed by atoms with Crippen molar-refractivity contribution in [3.8, 4) is 0 Å². The van der Waals surface area contributed by atoms with Crippen molar-refractivity contribution in [1.29, 1.82) is 0 Å². The molecule has 7 nitrogen and oxygen atoms in total. The van der Waals surface area contributed by atoms with Gasteiger partial charge >= 0.3 is 0 Å². The Hall–Kier alpha value is -1.89. The van der Waals surface area contributed by atoms with E-state index in [9.17, 15) is 4.79 Å². The Morgan fingerprint density at radius 2 is 2.18 bits per heavy atom. The van der Waals surface area contributed by atoms with Gasteiger partial charge in [0.1, 0.15) is 0 Å². The molecule has 2 aromatic rings. The van der Waals surface area contributed by atoms with E-state index in [1.54, 1.807) is 6.33 Å². The molecule has 8 heteroatoms. The molecular formula is C14H17ClN6O. The Morgan fingerprint density at radius 1 is 1.32 bits per heavy atom. The van der Waals surface area contributed by atoms with E-state index in [-0.39, 0.29) is 11.2 Å². The maximum atomic E-state index is 11.7. The van der Waals surface area contributed by atoms with Crippen LogP contribution in [0.2, 0.25) is 5.28 Å². The molecule has 0 spiro atoms. The maximum Gasteiger partial charge on any atom is 0.226 e. The smallest absolute Gasteiger partial charge is 0.226 e. The lowest BCUT2D eigenvalue weighted by Crippen LogP contribution is -2.28. The minimum Gasteiger partial charge on any atom is -0.365 e. The summed E-state index contributed by atoms with van der Waals surface area (Å²) >= 11 is 6.04. The normalized spacial score (nSPS) is 18.4. The predicted molar refractivity (Wildman–Crippen MR) is 82.8 cm³/mol. The molecule has 1 saturated carbocycles. The summed E-state index contributed by atoms with van der Waals surface area (Å²) in [6.45, 7) is 2.19. The number of rotatable bonds is 5. The van der Waals surface area contributed by atoms with E-state index in [4.69, 9.17) is 11.6 Å². The molecular weight excluding hydrogens is 304 g/mol. The molecule has 2 fully saturated rings. The number of halogens is 1. The van der Waals surface area contributed by atoms with E-state index in [0.717, 1.165) is 37.0 Å². The van der Waals surface area contributed by atoms with Crippen molar-refractivity contribution in [3.05, 3.63) is 11.6 Å². The summed E-state index contributed by atoms with van der Waals surface area (Å²) in [5, 5.41) is 3.56. The van der Waals surface area contributed by atoms with Crippen LogP contribution in [0.25, 0.3) is 11.2 Å². The molecule has 1 aliphatic carbocycles. The van der Waals surface area contributed by atoms with E-state index in [0.29, 0.717) is 31.4 Å². The number of nitrogens with zero attached hydrogens (tertiary/aromatic N) is 5.